The van der Waals surface area contributed by atoms with Crippen molar-refractivity contribution in [1.29, 1.82) is 0 Å². The number of esters is 1. The van der Waals surface area contributed by atoms with Crippen LogP contribution in [0.2, 0.25) is 0 Å². The van der Waals surface area contributed by atoms with Gasteiger partial charge in [0, 0.05) is 6.08 Å². The number of methoxy groups -OCH3 is 1. The van der Waals surface area contributed by atoms with Crippen molar-refractivity contribution in [2.75, 3.05) is 7.11 Å². The molecule has 86 valence electrons. The Balaban J connectivity index is 2.74. The Labute approximate surface area is 91.3 Å². The van der Waals surface area contributed by atoms with Crippen molar-refractivity contribution in [3.63, 3.8) is 0 Å². The first kappa shape index (κ1) is 12.2. The molecule has 0 heterocycles. The normalized spacial score (nSPS) is 10.8. The minimum Gasteiger partial charge on any atom is -0.466 e. The average Bonchev–Trinajstić information content (AvgIpc) is 2.25. The molecule has 0 spiro atoms. The molecule has 1 aromatic rings. The lowest BCUT2D eigenvalue weighted by Gasteiger charge is -2.04. The van der Waals surface area contributed by atoms with Crippen LogP contribution in [-0.4, -0.2) is 19.7 Å². The van der Waals surface area contributed by atoms with Crippen LogP contribution in [0, 0.1) is 0 Å². The largest absolute Gasteiger partial charge is 0.466 e. The summed E-state index contributed by atoms with van der Waals surface area (Å²) < 4.78 is 32.4. The Kier molecular flexibility index (Phi) is 4.44. The standard InChI is InChI=1S/C11H10F2O3/c1-15-10(14)6-5-8-3-2-4-9(7-8)16-11(12)13/h2-7,11H,1H3. The molecule has 0 saturated heterocycles. The number of rotatable bonds is 4. The topological polar surface area (TPSA) is 35.5 Å². The summed E-state index contributed by atoms with van der Waals surface area (Å²) in [6.45, 7) is -2.86. The summed E-state index contributed by atoms with van der Waals surface area (Å²) in [4.78, 5) is 10.8. The van der Waals surface area contributed by atoms with Gasteiger partial charge in [0.05, 0.1) is 7.11 Å². The third-order valence-electron chi connectivity index (χ3n) is 1.70. The van der Waals surface area contributed by atoms with Crippen molar-refractivity contribution >= 4 is 12.0 Å². The van der Waals surface area contributed by atoms with Crippen molar-refractivity contribution in [2.45, 2.75) is 6.61 Å². The van der Waals surface area contributed by atoms with Crippen molar-refractivity contribution in [1.82, 2.24) is 0 Å². The van der Waals surface area contributed by atoms with Crippen LogP contribution in [0.5, 0.6) is 5.75 Å². The minimum absolute atomic E-state index is 0.0435. The number of hydrogen-bond donors (Lipinski definition) is 0. The molecular formula is C11H10F2O3. The molecule has 0 aromatic heterocycles. The molecule has 3 nitrogen and oxygen atoms in total. The van der Waals surface area contributed by atoms with Gasteiger partial charge in [-0.2, -0.15) is 8.78 Å². The van der Waals surface area contributed by atoms with Crippen molar-refractivity contribution in [2.24, 2.45) is 0 Å². The van der Waals surface area contributed by atoms with Gasteiger partial charge in [-0.05, 0) is 23.8 Å². The quantitative estimate of drug-likeness (QED) is 0.586. The van der Waals surface area contributed by atoms with Crippen LogP contribution in [-0.2, 0) is 9.53 Å². The van der Waals surface area contributed by atoms with E-state index in [0.717, 1.165) is 0 Å². The Hall–Kier alpha value is -1.91. The summed E-state index contributed by atoms with van der Waals surface area (Å²) in [5.74, 6) is -0.470. The van der Waals surface area contributed by atoms with E-state index in [0.29, 0.717) is 5.56 Å². The molecule has 0 fully saturated rings. The summed E-state index contributed by atoms with van der Waals surface area (Å²) in [5, 5.41) is 0. The van der Waals surface area contributed by atoms with E-state index in [1.165, 1.54) is 31.4 Å². The molecule has 0 radical (unpaired) electrons. The third-order valence-corrected chi connectivity index (χ3v) is 1.70. The van der Waals surface area contributed by atoms with E-state index in [-0.39, 0.29) is 5.75 Å². The summed E-state index contributed by atoms with van der Waals surface area (Å²) in [6.07, 6.45) is 2.64. The highest BCUT2D eigenvalue weighted by Gasteiger charge is 2.03. The average molecular weight is 228 g/mol. The molecule has 16 heavy (non-hydrogen) atoms. The highest BCUT2D eigenvalue weighted by Crippen LogP contribution is 2.16. The highest BCUT2D eigenvalue weighted by atomic mass is 19.3. The molecule has 0 N–H and O–H groups in total. The van der Waals surface area contributed by atoms with Crippen LogP contribution in [0.4, 0.5) is 8.78 Å². The SMILES string of the molecule is COC(=O)C=Cc1cccc(OC(F)F)c1. The van der Waals surface area contributed by atoms with Crippen LogP contribution in [0.3, 0.4) is 0 Å². The van der Waals surface area contributed by atoms with Crippen molar-refractivity contribution in [3.05, 3.63) is 35.9 Å². The van der Waals surface area contributed by atoms with Gasteiger partial charge in [0.2, 0.25) is 0 Å². The Morgan fingerprint density at radius 1 is 1.44 bits per heavy atom. The van der Waals surface area contributed by atoms with Gasteiger partial charge < -0.3 is 9.47 Å². The molecule has 1 rings (SSSR count). The molecule has 0 aliphatic heterocycles. The summed E-state index contributed by atoms with van der Waals surface area (Å²) in [5.41, 5.74) is 0.573. The second kappa shape index (κ2) is 5.85. The Morgan fingerprint density at radius 3 is 2.81 bits per heavy atom. The van der Waals surface area contributed by atoms with Crippen LogP contribution in [0.1, 0.15) is 5.56 Å². The van der Waals surface area contributed by atoms with Gasteiger partial charge in [-0.25, -0.2) is 4.79 Å². The molecular weight excluding hydrogens is 218 g/mol. The summed E-state index contributed by atoms with van der Waals surface area (Å²) in [6, 6.07) is 6.00. The second-order valence-corrected chi connectivity index (χ2v) is 2.81. The van der Waals surface area contributed by atoms with Gasteiger partial charge in [-0.15, -0.1) is 0 Å². The number of halogens is 2. The lowest BCUT2D eigenvalue weighted by Crippen LogP contribution is -2.01. The molecule has 0 unspecified atom stereocenters. The predicted octanol–water partition coefficient (Wildman–Crippen LogP) is 2.47. The van der Waals surface area contributed by atoms with Crippen LogP contribution < -0.4 is 4.74 Å². The molecule has 0 atom stereocenters. The fourth-order valence-corrected chi connectivity index (χ4v) is 1.03. The Morgan fingerprint density at radius 2 is 2.19 bits per heavy atom. The lowest BCUT2D eigenvalue weighted by atomic mass is 10.2. The molecule has 1 aromatic carbocycles. The fraction of sp³-hybridized carbons (Fsp3) is 0.182. The molecule has 0 bridgehead atoms. The Bertz CT molecular complexity index is 389. The number of benzene rings is 1. The predicted molar refractivity (Wildman–Crippen MR) is 54.1 cm³/mol. The van der Waals surface area contributed by atoms with Gasteiger partial charge in [0.15, 0.2) is 0 Å². The van der Waals surface area contributed by atoms with Gasteiger partial charge >= 0.3 is 12.6 Å². The zero-order chi connectivity index (χ0) is 12.0. The lowest BCUT2D eigenvalue weighted by molar-refractivity contribution is -0.134. The van der Waals surface area contributed by atoms with E-state index in [4.69, 9.17) is 0 Å². The highest BCUT2D eigenvalue weighted by molar-refractivity contribution is 5.86. The molecule has 0 amide bonds. The molecule has 0 saturated carbocycles. The minimum atomic E-state index is -2.86. The van der Waals surface area contributed by atoms with E-state index in [1.807, 2.05) is 0 Å². The first-order valence-electron chi connectivity index (χ1n) is 4.42. The monoisotopic (exact) mass is 228 g/mol. The number of alkyl halides is 2. The summed E-state index contributed by atoms with van der Waals surface area (Å²) >= 11 is 0. The van der Waals surface area contributed by atoms with Crippen molar-refractivity contribution < 1.29 is 23.0 Å². The molecule has 5 heteroatoms. The number of carbonyl (C=O) groups is 1. The smallest absolute Gasteiger partial charge is 0.387 e. The molecule has 0 aliphatic carbocycles. The zero-order valence-corrected chi connectivity index (χ0v) is 8.52. The molecule has 0 aliphatic rings. The first-order chi connectivity index (χ1) is 7.61. The van der Waals surface area contributed by atoms with E-state index in [9.17, 15) is 13.6 Å². The van der Waals surface area contributed by atoms with Crippen LogP contribution in [0.15, 0.2) is 30.3 Å². The van der Waals surface area contributed by atoms with Crippen LogP contribution in [0.25, 0.3) is 6.08 Å². The van der Waals surface area contributed by atoms with E-state index in [1.54, 1.807) is 12.1 Å². The van der Waals surface area contributed by atoms with Gasteiger partial charge in [0.1, 0.15) is 5.75 Å². The van der Waals surface area contributed by atoms with Crippen molar-refractivity contribution in [3.8, 4) is 5.75 Å². The third kappa shape index (κ3) is 4.08. The zero-order valence-electron chi connectivity index (χ0n) is 8.52. The van der Waals surface area contributed by atoms with Gasteiger partial charge in [0.25, 0.3) is 0 Å². The van der Waals surface area contributed by atoms with E-state index < -0.39 is 12.6 Å². The first-order valence-corrected chi connectivity index (χ1v) is 4.42. The maximum Gasteiger partial charge on any atom is 0.387 e. The van der Waals surface area contributed by atoms with E-state index in [2.05, 4.69) is 9.47 Å². The van der Waals surface area contributed by atoms with E-state index >= 15 is 0 Å². The maximum atomic E-state index is 11.9. The maximum absolute atomic E-state index is 11.9. The fourth-order valence-electron chi connectivity index (χ4n) is 1.03. The number of ether oxygens (including phenoxy) is 2. The second-order valence-electron chi connectivity index (χ2n) is 2.81. The van der Waals surface area contributed by atoms with Crippen LogP contribution >= 0.6 is 0 Å². The van der Waals surface area contributed by atoms with Gasteiger partial charge in [-0.3, -0.25) is 0 Å². The number of carbonyl (C=O) groups excluding carboxylic acids is 1. The van der Waals surface area contributed by atoms with Gasteiger partial charge in [-0.1, -0.05) is 12.1 Å². The summed E-state index contributed by atoms with van der Waals surface area (Å²) in [7, 11) is 1.25. The number of hydrogen-bond acceptors (Lipinski definition) is 3.